The molecule has 1 aliphatic rings. The van der Waals surface area contributed by atoms with Gasteiger partial charge < -0.3 is 10.5 Å². The number of primary amides is 1. The van der Waals surface area contributed by atoms with E-state index in [1.807, 2.05) is 0 Å². The number of ether oxygens (including phenoxy) is 1. The van der Waals surface area contributed by atoms with Gasteiger partial charge in [-0.1, -0.05) is 0 Å². The van der Waals surface area contributed by atoms with Crippen LogP contribution in [0.1, 0.15) is 36.0 Å². The van der Waals surface area contributed by atoms with E-state index in [9.17, 15) is 4.79 Å². The summed E-state index contributed by atoms with van der Waals surface area (Å²) in [6.45, 7) is 0. The Balaban J connectivity index is 2.07. The van der Waals surface area contributed by atoms with Crippen molar-refractivity contribution in [1.29, 1.82) is 0 Å². The topological polar surface area (TPSA) is 65.2 Å². The lowest BCUT2D eigenvalue weighted by molar-refractivity contribution is 0.0999. The van der Waals surface area contributed by atoms with Crippen LogP contribution in [0.15, 0.2) is 18.3 Å². The van der Waals surface area contributed by atoms with Gasteiger partial charge in [-0.25, -0.2) is 4.98 Å². The Kier molecular flexibility index (Phi) is 2.85. The third-order valence-corrected chi connectivity index (χ3v) is 2.61. The maximum atomic E-state index is 10.9. The molecule has 1 fully saturated rings. The van der Waals surface area contributed by atoms with E-state index in [4.69, 9.17) is 10.5 Å². The molecular weight excluding hydrogens is 192 g/mol. The Hall–Kier alpha value is -1.58. The Labute approximate surface area is 88.4 Å². The molecule has 1 aliphatic carbocycles. The smallest absolute Gasteiger partial charge is 0.248 e. The largest absolute Gasteiger partial charge is 0.474 e. The molecule has 80 valence electrons. The summed E-state index contributed by atoms with van der Waals surface area (Å²) in [4.78, 5) is 15.0. The second-order valence-electron chi connectivity index (χ2n) is 3.77. The second kappa shape index (κ2) is 4.29. The van der Waals surface area contributed by atoms with Crippen LogP contribution in [0.4, 0.5) is 0 Å². The zero-order valence-corrected chi connectivity index (χ0v) is 8.48. The quantitative estimate of drug-likeness (QED) is 0.815. The van der Waals surface area contributed by atoms with Crippen molar-refractivity contribution >= 4 is 5.91 Å². The molecule has 2 rings (SSSR count). The monoisotopic (exact) mass is 206 g/mol. The lowest BCUT2D eigenvalue weighted by atomic mass is 10.2. The molecule has 0 spiro atoms. The number of hydrogen-bond acceptors (Lipinski definition) is 3. The molecule has 0 atom stereocenters. The zero-order chi connectivity index (χ0) is 10.7. The molecule has 0 radical (unpaired) electrons. The number of pyridine rings is 1. The maximum absolute atomic E-state index is 10.9. The molecule has 0 aromatic carbocycles. The van der Waals surface area contributed by atoms with Gasteiger partial charge in [-0.2, -0.15) is 0 Å². The summed E-state index contributed by atoms with van der Waals surface area (Å²) >= 11 is 0. The third-order valence-electron chi connectivity index (χ3n) is 2.61. The highest BCUT2D eigenvalue weighted by Crippen LogP contribution is 2.23. The van der Waals surface area contributed by atoms with Crippen molar-refractivity contribution in [3.63, 3.8) is 0 Å². The summed E-state index contributed by atoms with van der Waals surface area (Å²) in [6, 6.07) is 3.19. The van der Waals surface area contributed by atoms with Gasteiger partial charge in [0.1, 0.15) is 6.10 Å². The fraction of sp³-hybridized carbons (Fsp3) is 0.455. The molecule has 0 saturated heterocycles. The van der Waals surface area contributed by atoms with Crippen molar-refractivity contribution in [3.05, 3.63) is 23.9 Å². The Bertz CT molecular complexity index is 359. The molecule has 15 heavy (non-hydrogen) atoms. The minimum Gasteiger partial charge on any atom is -0.474 e. The summed E-state index contributed by atoms with van der Waals surface area (Å²) < 4.78 is 5.65. The number of nitrogens with two attached hydrogens (primary N) is 1. The van der Waals surface area contributed by atoms with Crippen LogP contribution in [-0.4, -0.2) is 17.0 Å². The molecule has 1 saturated carbocycles. The first-order chi connectivity index (χ1) is 7.25. The number of hydrogen-bond donors (Lipinski definition) is 1. The molecule has 0 bridgehead atoms. The van der Waals surface area contributed by atoms with Crippen molar-refractivity contribution < 1.29 is 9.53 Å². The first-order valence-corrected chi connectivity index (χ1v) is 5.18. The van der Waals surface area contributed by atoms with Gasteiger partial charge in [0.25, 0.3) is 0 Å². The number of carbonyl (C=O) groups excluding carboxylic acids is 1. The molecule has 1 heterocycles. The van der Waals surface area contributed by atoms with Gasteiger partial charge in [0.05, 0.1) is 0 Å². The third kappa shape index (κ3) is 2.46. The Morgan fingerprint density at radius 3 is 2.87 bits per heavy atom. The second-order valence-corrected chi connectivity index (χ2v) is 3.77. The number of amides is 1. The van der Waals surface area contributed by atoms with Crippen LogP contribution in [0.3, 0.4) is 0 Å². The minimum absolute atomic E-state index is 0.251. The normalized spacial score (nSPS) is 16.5. The van der Waals surface area contributed by atoms with Crippen molar-refractivity contribution in [2.24, 2.45) is 5.73 Å². The fourth-order valence-electron chi connectivity index (χ4n) is 1.80. The maximum Gasteiger partial charge on any atom is 0.248 e. The molecule has 0 aliphatic heterocycles. The standard InChI is InChI=1S/C11H14N2O2/c12-11(14)8-5-6-13-10(7-8)15-9-3-1-2-4-9/h5-7,9H,1-4H2,(H2,12,14). The summed E-state index contributed by atoms with van der Waals surface area (Å²) in [5.41, 5.74) is 5.61. The highest BCUT2D eigenvalue weighted by Gasteiger charge is 2.17. The summed E-state index contributed by atoms with van der Waals surface area (Å²) in [6.07, 6.45) is 6.36. The van der Waals surface area contributed by atoms with Crippen LogP contribution in [0.5, 0.6) is 5.88 Å². The number of rotatable bonds is 3. The number of aromatic nitrogens is 1. The van der Waals surface area contributed by atoms with Crippen LogP contribution in [0, 0.1) is 0 Å². The van der Waals surface area contributed by atoms with Crippen molar-refractivity contribution in [1.82, 2.24) is 4.98 Å². The molecule has 1 aromatic heterocycles. The van der Waals surface area contributed by atoms with Crippen LogP contribution < -0.4 is 10.5 Å². The molecular formula is C11H14N2O2. The Morgan fingerprint density at radius 1 is 1.47 bits per heavy atom. The molecule has 4 nitrogen and oxygen atoms in total. The minimum atomic E-state index is -0.450. The highest BCUT2D eigenvalue weighted by molar-refractivity contribution is 5.92. The predicted octanol–water partition coefficient (Wildman–Crippen LogP) is 1.50. The lowest BCUT2D eigenvalue weighted by Crippen LogP contribution is -2.14. The van der Waals surface area contributed by atoms with Gasteiger partial charge in [0.15, 0.2) is 0 Å². The lowest BCUT2D eigenvalue weighted by Gasteiger charge is -2.11. The van der Waals surface area contributed by atoms with E-state index < -0.39 is 5.91 Å². The van der Waals surface area contributed by atoms with Gasteiger partial charge in [-0.15, -0.1) is 0 Å². The van der Waals surface area contributed by atoms with Crippen LogP contribution in [-0.2, 0) is 0 Å². The average Bonchev–Trinajstić information content (AvgIpc) is 2.71. The first-order valence-electron chi connectivity index (χ1n) is 5.18. The van der Waals surface area contributed by atoms with E-state index >= 15 is 0 Å². The number of carbonyl (C=O) groups is 1. The van der Waals surface area contributed by atoms with E-state index in [1.54, 1.807) is 18.3 Å². The van der Waals surface area contributed by atoms with Crippen molar-refractivity contribution in [3.8, 4) is 5.88 Å². The average molecular weight is 206 g/mol. The van der Waals surface area contributed by atoms with Crippen LogP contribution in [0.2, 0.25) is 0 Å². The van der Waals surface area contributed by atoms with E-state index in [2.05, 4.69) is 4.98 Å². The summed E-state index contributed by atoms with van der Waals surface area (Å²) in [7, 11) is 0. The van der Waals surface area contributed by atoms with Crippen LogP contribution in [0.25, 0.3) is 0 Å². The molecule has 1 aromatic rings. The molecule has 0 unspecified atom stereocenters. The fourth-order valence-corrected chi connectivity index (χ4v) is 1.80. The van der Waals surface area contributed by atoms with E-state index in [1.165, 1.54) is 12.8 Å². The summed E-state index contributed by atoms with van der Waals surface area (Å²) in [5.74, 6) is 0.0480. The van der Waals surface area contributed by atoms with Gasteiger partial charge in [-0.05, 0) is 31.7 Å². The predicted molar refractivity (Wildman–Crippen MR) is 55.6 cm³/mol. The van der Waals surface area contributed by atoms with Crippen LogP contribution >= 0.6 is 0 Å². The van der Waals surface area contributed by atoms with Crippen molar-refractivity contribution in [2.75, 3.05) is 0 Å². The van der Waals surface area contributed by atoms with E-state index in [0.717, 1.165) is 12.8 Å². The molecule has 2 N–H and O–H groups in total. The van der Waals surface area contributed by atoms with Gasteiger partial charge in [0, 0.05) is 17.8 Å². The number of nitrogens with zero attached hydrogens (tertiary/aromatic N) is 1. The van der Waals surface area contributed by atoms with E-state index in [0.29, 0.717) is 11.4 Å². The SMILES string of the molecule is NC(=O)c1ccnc(OC2CCCC2)c1. The van der Waals surface area contributed by atoms with Gasteiger partial charge in [-0.3, -0.25) is 4.79 Å². The molecule has 1 amide bonds. The zero-order valence-electron chi connectivity index (χ0n) is 8.48. The first kappa shape index (κ1) is 9.96. The highest BCUT2D eigenvalue weighted by atomic mass is 16.5. The van der Waals surface area contributed by atoms with Gasteiger partial charge in [0.2, 0.25) is 11.8 Å². The van der Waals surface area contributed by atoms with E-state index in [-0.39, 0.29) is 6.10 Å². The molecule has 4 heteroatoms. The van der Waals surface area contributed by atoms with Crippen molar-refractivity contribution in [2.45, 2.75) is 31.8 Å². The summed E-state index contributed by atoms with van der Waals surface area (Å²) in [5, 5.41) is 0. The Morgan fingerprint density at radius 2 is 2.20 bits per heavy atom. The van der Waals surface area contributed by atoms with Gasteiger partial charge >= 0.3 is 0 Å².